The van der Waals surface area contributed by atoms with Gasteiger partial charge in [-0.25, -0.2) is 0 Å². The minimum atomic E-state index is 0.811. The number of ether oxygens (including phenoxy) is 1. The molecule has 21 heavy (non-hydrogen) atoms. The van der Waals surface area contributed by atoms with E-state index in [1.807, 2.05) is 13.1 Å². The van der Waals surface area contributed by atoms with Crippen LogP contribution >= 0.6 is 0 Å². The van der Waals surface area contributed by atoms with Crippen molar-refractivity contribution in [1.82, 2.24) is 5.32 Å². The number of nitrogens with one attached hydrogen (secondary N) is 1. The Morgan fingerprint density at radius 2 is 1.81 bits per heavy atom. The molecule has 0 fully saturated rings. The van der Waals surface area contributed by atoms with Gasteiger partial charge < -0.3 is 10.1 Å². The normalized spacial score (nSPS) is 10.6. The lowest BCUT2D eigenvalue weighted by Crippen LogP contribution is -2.06. The number of rotatable bonds is 7. The number of unbranched alkanes of at least 4 members (excludes halogenated alkanes) is 1. The molecule has 0 aliphatic rings. The summed E-state index contributed by atoms with van der Waals surface area (Å²) in [6.45, 7) is 5.13. The van der Waals surface area contributed by atoms with E-state index in [-0.39, 0.29) is 0 Å². The summed E-state index contributed by atoms with van der Waals surface area (Å²) in [7, 11) is 1.95. The molecular formula is C19H25NO. The molecule has 112 valence electrons. The molecule has 0 unspecified atom stereocenters. The molecule has 1 N–H and O–H groups in total. The van der Waals surface area contributed by atoms with Crippen molar-refractivity contribution in [2.24, 2.45) is 0 Å². The highest BCUT2D eigenvalue weighted by atomic mass is 16.5. The molecule has 0 bridgehead atoms. The summed E-state index contributed by atoms with van der Waals surface area (Å²) in [5, 5.41) is 3.19. The molecule has 2 rings (SSSR count). The van der Waals surface area contributed by atoms with Crippen LogP contribution in [0.5, 0.6) is 11.5 Å². The van der Waals surface area contributed by atoms with Gasteiger partial charge >= 0.3 is 0 Å². The number of hydrogen-bond acceptors (Lipinski definition) is 2. The summed E-state index contributed by atoms with van der Waals surface area (Å²) < 4.78 is 6.04. The SMILES string of the molecule is CCCCc1ccc(Oc2ccc(C)cc2CNC)cc1. The first kappa shape index (κ1) is 15.6. The van der Waals surface area contributed by atoms with Crippen molar-refractivity contribution in [3.05, 3.63) is 59.2 Å². The maximum Gasteiger partial charge on any atom is 0.131 e. The van der Waals surface area contributed by atoms with Gasteiger partial charge in [0, 0.05) is 12.1 Å². The van der Waals surface area contributed by atoms with Gasteiger partial charge in [-0.3, -0.25) is 0 Å². The largest absolute Gasteiger partial charge is 0.457 e. The van der Waals surface area contributed by atoms with Crippen molar-refractivity contribution in [2.75, 3.05) is 7.05 Å². The van der Waals surface area contributed by atoms with Crippen LogP contribution in [0.2, 0.25) is 0 Å². The van der Waals surface area contributed by atoms with E-state index in [1.54, 1.807) is 0 Å². The average Bonchev–Trinajstić information content (AvgIpc) is 2.49. The third-order valence-corrected chi connectivity index (χ3v) is 3.55. The maximum absolute atomic E-state index is 6.04. The third kappa shape index (κ3) is 4.61. The topological polar surface area (TPSA) is 21.3 Å². The molecule has 0 radical (unpaired) electrons. The molecule has 0 aromatic heterocycles. The van der Waals surface area contributed by atoms with E-state index < -0.39 is 0 Å². The molecule has 0 saturated carbocycles. The molecule has 0 spiro atoms. The van der Waals surface area contributed by atoms with Gasteiger partial charge in [0.2, 0.25) is 0 Å². The molecule has 0 atom stereocenters. The van der Waals surface area contributed by atoms with Crippen LogP contribution in [0.3, 0.4) is 0 Å². The fraction of sp³-hybridized carbons (Fsp3) is 0.368. The monoisotopic (exact) mass is 283 g/mol. The van der Waals surface area contributed by atoms with Gasteiger partial charge in [-0.15, -0.1) is 0 Å². The minimum absolute atomic E-state index is 0.811. The fourth-order valence-electron chi connectivity index (χ4n) is 2.37. The summed E-state index contributed by atoms with van der Waals surface area (Å²) in [6, 6.07) is 14.8. The molecule has 2 aromatic rings. The van der Waals surface area contributed by atoms with E-state index in [1.165, 1.54) is 29.5 Å². The highest BCUT2D eigenvalue weighted by Crippen LogP contribution is 2.26. The summed E-state index contributed by atoms with van der Waals surface area (Å²) in [4.78, 5) is 0. The summed E-state index contributed by atoms with van der Waals surface area (Å²) in [6.07, 6.45) is 3.62. The van der Waals surface area contributed by atoms with E-state index in [4.69, 9.17) is 4.74 Å². The van der Waals surface area contributed by atoms with Crippen LogP contribution in [0.25, 0.3) is 0 Å². The molecule has 0 amide bonds. The van der Waals surface area contributed by atoms with E-state index in [0.717, 1.165) is 24.5 Å². The Morgan fingerprint density at radius 3 is 2.48 bits per heavy atom. The first-order valence-corrected chi connectivity index (χ1v) is 7.74. The molecule has 0 aliphatic carbocycles. The third-order valence-electron chi connectivity index (χ3n) is 3.55. The van der Waals surface area contributed by atoms with E-state index >= 15 is 0 Å². The molecule has 0 heterocycles. The highest BCUT2D eigenvalue weighted by molar-refractivity contribution is 5.40. The van der Waals surface area contributed by atoms with Crippen LogP contribution in [0.1, 0.15) is 36.5 Å². The Balaban J connectivity index is 2.10. The molecular weight excluding hydrogens is 258 g/mol. The van der Waals surface area contributed by atoms with Gasteiger partial charge in [-0.2, -0.15) is 0 Å². The first-order valence-electron chi connectivity index (χ1n) is 7.74. The number of aryl methyl sites for hydroxylation is 2. The Hall–Kier alpha value is -1.80. The van der Waals surface area contributed by atoms with Gasteiger partial charge in [0.15, 0.2) is 0 Å². The summed E-state index contributed by atoms with van der Waals surface area (Å²) in [5.74, 6) is 1.83. The lowest BCUT2D eigenvalue weighted by Gasteiger charge is -2.12. The summed E-state index contributed by atoms with van der Waals surface area (Å²) in [5.41, 5.74) is 3.82. The predicted molar refractivity (Wildman–Crippen MR) is 89.1 cm³/mol. The van der Waals surface area contributed by atoms with Crippen LogP contribution in [0.4, 0.5) is 0 Å². The zero-order valence-electron chi connectivity index (χ0n) is 13.3. The second kappa shape index (κ2) is 7.84. The van der Waals surface area contributed by atoms with Gasteiger partial charge in [0.05, 0.1) is 0 Å². The lowest BCUT2D eigenvalue weighted by atomic mass is 10.1. The van der Waals surface area contributed by atoms with Gasteiger partial charge in [-0.05, 0) is 50.6 Å². The van der Waals surface area contributed by atoms with Crippen molar-refractivity contribution >= 4 is 0 Å². The van der Waals surface area contributed by atoms with Crippen LogP contribution in [0.15, 0.2) is 42.5 Å². The Morgan fingerprint density at radius 1 is 1.05 bits per heavy atom. The van der Waals surface area contributed by atoms with Crippen molar-refractivity contribution in [3.8, 4) is 11.5 Å². The quantitative estimate of drug-likeness (QED) is 0.784. The molecule has 2 nitrogen and oxygen atoms in total. The zero-order valence-corrected chi connectivity index (χ0v) is 13.3. The lowest BCUT2D eigenvalue weighted by molar-refractivity contribution is 0.474. The van der Waals surface area contributed by atoms with Crippen molar-refractivity contribution in [1.29, 1.82) is 0 Å². The van der Waals surface area contributed by atoms with Crippen LogP contribution < -0.4 is 10.1 Å². The average molecular weight is 283 g/mol. The number of benzene rings is 2. The molecule has 2 heteroatoms. The standard InChI is InChI=1S/C19H25NO/c1-4-5-6-16-8-10-18(11-9-16)21-19-12-7-15(2)13-17(19)14-20-3/h7-13,20H,4-6,14H2,1-3H3. The number of hydrogen-bond donors (Lipinski definition) is 1. The van der Waals surface area contributed by atoms with Gasteiger partial charge in [0.1, 0.15) is 11.5 Å². The predicted octanol–water partition coefficient (Wildman–Crippen LogP) is 4.85. The zero-order chi connectivity index (χ0) is 15.1. The Labute approximate surface area is 128 Å². The molecule has 0 aliphatic heterocycles. The highest BCUT2D eigenvalue weighted by Gasteiger charge is 2.05. The fourth-order valence-corrected chi connectivity index (χ4v) is 2.37. The minimum Gasteiger partial charge on any atom is -0.457 e. The summed E-state index contributed by atoms with van der Waals surface area (Å²) >= 11 is 0. The van der Waals surface area contributed by atoms with E-state index in [2.05, 4.69) is 55.6 Å². The van der Waals surface area contributed by atoms with Gasteiger partial charge in [-0.1, -0.05) is 43.2 Å². The van der Waals surface area contributed by atoms with Crippen LogP contribution in [0, 0.1) is 6.92 Å². The van der Waals surface area contributed by atoms with Gasteiger partial charge in [0.25, 0.3) is 0 Å². The van der Waals surface area contributed by atoms with E-state index in [0.29, 0.717) is 0 Å². The van der Waals surface area contributed by atoms with Crippen LogP contribution in [-0.2, 0) is 13.0 Å². The van der Waals surface area contributed by atoms with Crippen molar-refractivity contribution in [3.63, 3.8) is 0 Å². The maximum atomic E-state index is 6.04. The van der Waals surface area contributed by atoms with Crippen molar-refractivity contribution in [2.45, 2.75) is 39.7 Å². The second-order valence-electron chi connectivity index (χ2n) is 5.49. The Bertz CT molecular complexity index is 560. The van der Waals surface area contributed by atoms with E-state index in [9.17, 15) is 0 Å². The first-order chi connectivity index (χ1) is 10.2. The Kier molecular flexibility index (Phi) is 5.82. The second-order valence-corrected chi connectivity index (χ2v) is 5.49. The molecule has 2 aromatic carbocycles. The molecule has 0 saturated heterocycles. The van der Waals surface area contributed by atoms with Crippen molar-refractivity contribution < 1.29 is 4.74 Å². The smallest absolute Gasteiger partial charge is 0.131 e. The van der Waals surface area contributed by atoms with Crippen LogP contribution in [-0.4, -0.2) is 7.05 Å².